The molecule has 3 aromatic rings. The standard InChI is InChI=1S/C22H27N5O5S/c1-14-8-15(2)11-25(10-14)12-16-13-33-21(23-16)24-20(28)4-3-7-26-18-6-5-17(27(30)31)9-19(18)32-22(26)29/h5-6,9,13-15H,3-4,7-8,10-12H2,1-2H3,(H,23,24,28). The van der Waals surface area contributed by atoms with Crippen LogP contribution in [0.5, 0.6) is 0 Å². The van der Waals surface area contributed by atoms with Crippen molar-refractivity contribution in [1.29, 1.82) is 0 Å². The molecule has 0 aliphatic carbocycles. The number of benzene rings is 1. The molecule has 1 saturated heterocycles. The van der Waals surface area contributed by atoms with Crippen LogP contribution in [0.25, 0.3) is 11.1 Å². The van der Waals surface area contributed by atoms with E-state index in [0.717, 1.165) is 25.3 Å². The smallest absolute Gasteiger partial charge is 0.407 e. The van der Waals surface area contributed by atoms with Crippen LogP contribution in [0.3, 0.4) is 0 Å². The Morgan fingerprint density at radius 3 is 2.82 bits per heavy atom. The molecule has 0 bridgehead atoms. The van der Waals surface area contributed by atoms with Gasteiger partial charge in [0.15, 0.2) is 10.7 Å². The summed E-state index contributed by atoms with van der Waals surface area (Å²) in [6.45, 7) is 7.75. The van der Waals surface area contributed by atoms with E-state index in [1.165, 1.54) is 40.5 Å². The molecule has 1 aromatic carbocycles. The molecule has 1 fully saturated rings. The minimum absolute atomic E-state index is 0.144. The third-order valence-corrected chi connectivity index (χ3v) is 6.58. The zero-order valence-electron chi connectivity index (χ0n) is 18.7. The normalized spacial score (nSPS) is 19.1. The second-order valence-corrected chi connectivity index (χ2v) is 9.72. The fourth-order valence-corrected chi connectivity index (χ4v) is 5.26. The van der Waals surface area contributed by atoms with Gasteiger partial charge in [-0.05, 0) is 30.7 Å². The summed E-state index contributed by atoms with van der Waals surface area (Å²) in [6.07, 6.45) is 1.89. The maximum atomic E-state index is 12.4. The first-order valence-corrected chi connectivity index (χ1v) is 11.9. The van der Waals surface area contributed by atoms with Crippen LogP contribution < -0.4 is 11.1 Å². The Kier molecular flexibility index (Phi) is 6.89. The highest BCUT2D eigenvalue weighted by molar-refractivity contribution is 7.13. The number of aromatic nitrogens is 2. The second kappa shape index (κ2) is 9.84. The van der Waals surface area contributed by atoms with Crippen molar-refractivity contribution in [3.05, 3.63) is 49.9 Å². The van der Waals surface area contributed by atoms with E-state index < -0.39 is 10.7 Å². The van der Waals surface area contributed by atoms with Gasteiger partial charge in [0.05, 0.1) is 22.2 Å². The number of hydrogen-bond donors (Lipinski definition) is 1. The number of rotatable bonds is 8. The number of nitro benzene ring substituents is 1. The van der Waals surface area contributed by atoms with Crippen LogP contribution >= 0.6 is 11.3 Å². The summed E-state index contributed by atoms with van der Waals surface area (Å²) in [5, 5.41) is 16.3. The number of aryl methyl sites for hydroxylation is 1. The van der Waals surface area contributed by atoms with Gasteiger partial charge in [-0.3, -0.25) is 24.4 Å². The van der Waals surface area contributed by atoms with Gasteiger partial charge < -0.3 is 9.73 Å². The summed E-state index contributed by atoms with van der Waals surface area (Å²) >= 11 is 1.41. The lowest BCUT2D eigenvalue weighted by Gasteiger charge is -2.34. The van der Waals surface area contributed by atoms with Crippen molar-refractivity contribution < 1.29 is 14.1 Å². The lowest BCUT2D eigenvalue weighted by atomic mass is 9.92. The fraction of sp³-hybridized carbons (Fsp3) is 0.500. The second-order valence-electron chi connectivity index (χ2n) is 8.86. The molecule has 2 aromatic heterocycles. The van der Waals surface area contributed by atoms with Crippen molar-refractivity contribution >= 4 is 39.2 Å². The average Bonchev–Trinajstić information content (AvgIpc) is 3.30. The number of anilines is 1. The van der Waals surface area contributed by atoms with E-state index in [1.807, 2.05) is 5.38 Å². The number of amides is 1. The van der Waals surface area contributed by atoms with Gasteiger partial charge in [-0.25, -0.2) is 9.78 Å². The molecule has 1 N–H and O–H groups in total. The monoisotopic (exact) mass is 473 g/mol. The first-order chi connectivity index (χ1) is 15.8. The number of nitro groups is 1. The molecule has 176 valence electrons. The molecule has 4 rings (SSSR count). The molecule has 1 aliphatic rings. The molecule has 10 nitrogen and oxygen atoms in total. The maximum Gasteiger partial charge on any atom is 0.419 e. The van der Waals surface area contributed by atoms with E-state index in [0.29, 0.717) is 28.9 Å². The Labute approximate surface area is 194 Å². The van der Waals surface area contributed by atoms with E-state index >= 15 is 0 Å². The molecule has 11 heteroatoms. The topological polar surface area (TPSA) is 124 Å². The molecule has 0 spiro atoms. The van der Waals surface area contributed by atoms with E-state index in [-0.39, 0.29) is 30.1 Å². The first kappa shape index (κ1) is 23.1. The Hall–Kier alpha value is -3.05. The lowest BCUT2D eigenvalue weighted by molar-refractivity contribution is -0.384. The zero-order chi connectivity index (χ0) is 23.5. The van der Waals surface area contributed by atoms with Crippen LogP contribution in [0.2, 0.25) is 0 Å². The van der Waals surface area contributed by atoms with Gasteiger partial charge in [-0.1, -0.05) is 13.8 Å². The highest BCUT2D eigenvalue weighted by Crippen LogP contribution is 2.24. The zero-order valence-corrected chi connectivity index (χ0v) is 19.5. The Balaban J connectivity index is 1.28. The molecule has 0 saturated carbocycles. The number of oxazole rings is 1. The van der Waals surface area contributed by atoms with Crippen LogP contribution in [0.1, 0.15) is 38.8 Å². The molecular formula is C22H27N5O5S. The first-order valence-electron chi connectivity index (χ1n) is 11.0. The van der Waals surface area contributed by atoms with E-state index in [9.17, 15) is 19.7 Å². The van der Waals surface area contributed by atoms with Gasteiger partial charge in [0.25, 0.3) is 5.69 Å². The highest BCUT2D eigenvalue weighted by atomic mass is 32.1. The van der Waals surface area contributed by atoms with E-state index in [4.69, 9.17) is 4.42 Å². The molecule has 33 heavy (non-hydrogen) atoms. The Morgan fingerprint density at radius 1 is 1.33 bits per heavy atom. The van der Waals surface area contributed by atoms with Crippen molar-refractivity contribution in [3.63, 3.8) is 0 Å². The maximum absolute atomic E-state index is 12.4. The van der Waals surface area contributed by atoms with Crippen LogP contribution in [0.4, 0.5) is 10.8 Å². The quantitative estimate of drug-likeness (QED) is 0.389. The number of thiazole rings is 1. The molecule has 2 unspecified atom stereocenters. The summed E-state index contributed by atoms with van der Waals surface area (Å²) in [6, 6.07) is 4.04. The largest absolute Gasteiger partial charge is 0.419 e. The minimum atomic E-state index is -0.600. The fourth-order valence-electron chi connectivity index (χ4n) is 4.55. The number of carbonyl (C=O) groups is 1. The summed E-state index contributed by atoms with van der Waals surface area (Å²) in [4.78, 5) is 41.8. The number of nitrogens with zero attached hydrogens (tertiary/aromatic N) is 4. The molecule has 3 heterocycles. The number of likely N-dealkylation sites (tertiary alicyclic amines) is 1. The third-order valence-electron chi connectivity index (χ3n) is 5.78. The van der Waals surface area contributed by atoms with Gasteiger partial charge in [0.1, 0.15) is 0 Å². The number of hydrogen-bond acceptors (Lipinski definition) is 8. The Morgan fingerprint density at radius 2 is 2.09 bits per heavy atom. The lowest BCUT2D eigenvalue weighted by Crippen LogP contribution is -2.38. The van der Waals surface area contributed by atoms with E-state index in [2.05, 4.69) is 29.0 Å². The number of non-ortho nitro benzene ring substituents is 1. The molecule has 1 amide bonds. The Bertz CT molecular complexity index is 1210. The van der Waals surface area contributed by atoms with Crippen molar-refractivity contribution in [2.45, 2.75) is 46.2 Å². The van der Waals surface area contributed by atoms with Gasteiger partial charge >= 0.3 is 5.76 Å². The van der Waals surface area contributed by atoms with Gasteiger partial charge in [0.2, 0.25) is 5.91 Å². The number of piperidine rings is 1. The predicted molar refractivity (Wildman–Crippen MR) is 125 cm³/mol. The van der Waals surface area contributed by atoms with Crippen molar-refractivity contribution in [1.82, 2.24) is 14.5 Å². The third kappa shape index (κ3) is 5.66. The van der Waals surface area contributed by atoms with Crippen LogP contribution in [0.15, 0.2) is 32.8 Å². The molecule has 0 radical (unpaired) electrons. The summed E-state index contributed by atoms with van der Waals surface area (Å²) < 4.78 is 6.49. The van der Waals surface area contributed by atoms with Crippen molar-refractivity contribution in [3.8, 4) is 0 Å². The van der Waals surface area contributed by atoms with Crippen molar-refractivity contribution in [2.24, 2.45) is 11.8 Å². The van der Waals surface area contributed by atoms with Gasteiger partial charge in [-0.15, -0.1) is 11.3 Å². The molecule has 1 aliphatic heterocycles. The molecule has 2 atom stereocenters. The highest BCUT2D eigenvalue weighted by Gasteiger charge is 2.22. The van der Waals surface area contributed by atoms with Crippen molar-refractivity contribution in [2.75, 3.05) is 18.4 Å². The van der Waals surface area contributed by atoms with Crippen LogP contribution in [-0.4, -0.2) is 38.4 Å². The number of carbonyl (C=O) groups excluding carboxylic acids is 1. The summed E-state index contributed by atoms with van der Waals surface area (Å²) in [5.41, 5.74) is 1.44. The minimum Gasteiger partial charge on any atom is -0.407 e. The number of fused-ring (bicyclic) bond motifs is 1. The average molecular weight is 474 g/mol. The van der Waals surface area contributed by atoms with Gasteiger partial charge in [0, 0.05) is 44.0 Å². The SMILES string of the molecule is CC1CC(C)CN(Cc2csc(NC(=O)CCCn3c(=O)oc4cc([N+](=O)[O-])ccc43)n2)C1. The predicted octanol–water partition coefficient (Wildman–Crippen LogP) is 3.86. The van der Waals surface area contributed by atoms with Gasteiger partial charge in [-0.2, -0.15) is 0 Å². The summed E-state index contributed by atoms with van der Waals surface area (Å²) in [5.74, 6) is 0.590. The van der Waals surface area contributed by atoms with Crippen LogP contribution in [-0.2, 0) is 17.9 Å². The van der Waals surface area contributed by atoms with E-state index in [1.54, 1.807) is 0 Å². The van der Waals surface area contributed by atoms with Crippen LogP contribution in [0, 0.1) is 22.0 Å². The summed E-state index contributed by atoms with van der Waals surface area (Å²) in [7, 11) is 0. The number of nitrogens with one attached hydrogen (secondary N) is 1. The molecular weight excluding hydrogens is 446 g/mol.